The number of carbonyl (C=O) groups is 1. The van der Waals surface area contributed by atoms with E-state index in [1.54, 1.807) is 6.07 Å². The van der Waals surface area contributed by atoms with Crippen LogP contribution in [0.1, 0.15) is 0 Å². The number of anilines is 1. The Balaban J connectivity index is 2.15. The van der Waals surface area contributed by atoms with Crippen LogP contribution in [-0.2, 0) is 11.3 Å². The maximum absolute atomic E-state index is 13.4. The molecule has 1 aromatic heterocycles. The van der Waals surface area contributed by atoms with Crippen molar-refractivity contribution >= 4 is 50.1 Å². The number of hydrogen-bond acceptors (Lipinski definition) is 2. The molecule has 0 atom stereocenters. The van der Waals surface area contributed by atoms with Gasteiger partial charge in [0.05, 0.1) is 3.57 Å². The summed E-state index contributed by atoms with van der Waals surface area (Å²) in [7, 11) is 0. The van der Waals surface area contributed by atoms with Crippen molar-refractivity contribution in [3.05, 3.63) is 60.5 Å². The Morgan fingerprint density at radius 3 is 2.52 bits per heavy atom. The van der Waals surface area contributed by atoms with E-state index in [2.05, 4.69) is 21.2 Å². The third-order valence-electron chi connectivity index (χ3n) is 2.53. The zero-order valence-corrected chi connectivity index (χ0v) is 14.1. The zero-order valence-electron chi connectivity index (χ0n) is 10.4. The lowest BCUT2D eigenvalue weighted by Crippen LogP contribution is -2.26. The minimum absolute atomic E-state index is 0.00142. The molecular formula is C13H8BrF2IN2O2. The van der Waals surface area contributed by atoms with Crippen molar-refractivity contribution in [1.82, 2.24) is 4.57 Å². The molecule has 21 heavy (non-hydrogen) atoms. The summed E-state index contributed by atoms with van der Waals surface area (Å²) < 4.78 is 28.4. The second kappa shape index (κ2) is 6.65. The summed E-state index contributed by atoms with van der Waals surface area (Å²) in [6.07, 6.45) is 1.46. The van der Waals surface area contributed by atoms with Gasteiger partial charge in [0, 0.05) is 22.4 Å². The minimum Gasteiger partial charge on any atom is -0.324 e. The number of benzene rings is 1. The molecule has 1 aromatic carbocycles. The molecule has 0 saturated carbocycles. The lowest BCUT2D eigenvalue weighted by atomic mass is 10.3. The van der Waals surface area contributed by atoms with Gasteiger partial charge in [-0.25, -0.2) is 8.78 Å². The van der Waals surface area contributed by atoms with E-state index in [0.717, 1.165) is 12.1 Å². The van der Waals surface area contributed by atoms with Gasteiger partial charge in [0.2, 0.25) is 5.91 Å². The van der Waals surface area contributed by atoms with Crippen molar-refractivity contribution < 1.29 is 13.6 Å². The quantitative estimate of drug-likeness (QED) is 0.555. The zero-order chi connectivity index (χ0) is 15.6. The highest BCUT2D eigenvalue weighted by Gasteiger charge is 2.11. The van der Waals surface area contributed by atoms with E-state index in [0.29, 0.717) is 4.47 Å². The Morgan fingerprint density at radius 1 is 1.29 bits per heavy atom. The second-order valence-corrected chi connectivity index (χ2v) is 6.11. The molecular weight excluding hydrogens is 461 g/mol. The molecule has 1 heterocycles. The van der Waals surface area contributed by atoms with E-state index >= 15 is 0 Å². The molecule has 0 radical (unpaired) electrons. The molecule has 0 aliphatic rings. The van der Waals surface area contributed by atoms with Gasteiger partial charge in [0.25, 0.3) is 5.56 Å². The standard InChI is InChI=1S/C13H8BrF2IN2O2/c14-7-1-2-12(21)19(5-7)6-11(20)18-8-3-9(15)13(17)10(16)4-8/h1-5H,6H2,(H,18,20). The molecule has 0 saturated heterocycles. The van der Waals surface area contributed by atoms with Crippen molar-refractivity contribution in [3.8, 4) is 0 Å². The van der Waals surface area contributed by atoms with Crippen molar-refractivity contribution in [1.29, 1.82) is 0 Å². The van der Waals surface area contributed by atoms with Crippen molar-refractivity contribution in [2.45, 2.75) is 6.54 Å². The van der Waals surface area contributed by atoms with Gasteiger partial charge in [-0.15, -0.1) is 0 Å². The van der Waals surface area contributed by atoms with Crippen LogP contribution in [0.25, 0.3) is 0 Å². The second-order valence-electron chi connectivity index (χ2n) is 4.12. The molecule has 0 spiro atoms. The Morgan fingerprint density at radius 2 is 1.90 bits per heavy atom. The highest BCUT2D eigenvalue weighted by molar-refractivity contribution is 14.1. The number of rotatable bonds is 3. The van der Waals surface area contributed by atoms with Gasteiger partial charge in [0.15, 0.2) is 0 Å². The van der Waals surface area contributed by atoms with E-state index in [1.807, 2.05) is 0 Å². The fraction of sp³-hybridized carbons (Fsp3) is 0.0769. The first-order valence-corrected chi connectivity index (χ1v) is 7.54. The monoisotopic (exact) mass is 468 g/mol. The summed E-state index contributed by atoms with van der Waals surface area (Å²) in [5.41, 5.74) is -0.355. The normalized spacial score (nSPS) is 10.5. The minimum atomic E-state index is -0.759. The molecule has 1 N–H and O–H groups in total. The molecule has 2 aromatic rings. The predicted octanol–water partition coefficient (Wildman–Crippen LogP) is 3.13. The Hall–Kier alpha value is -1.29. The third kappa shape index (κ3) is 4.10. The molecule has 0 unspecified atom stereocenters. The summed E-state index contributed by atoms with van der Waals surface area (Å²) in [5.74, 6) is -2.08. The van der Waals surface area contributed by atoms with Crippen LogP contribution in [0.15, 0.2) is 39.7 Å². The van der Waals surface area contributed by atoms with Crippen molar-refractivity contribution in [3.63, 3.8) is 0 Å². The van der Waals surface area contributed by atoms with Gasteiger partial charge < -0.3 is 9.88 Å². The number of amides is 1. The Kier molecular flexibility index (Phi) is 5.09. The van der Waals surface area contributed by atoms with Gasteiger partial charge in [-0.3, -0.25) is 9.59 Å². The molecule has 0 bridgehead atoms. The third-order valence-corrected chi connectivity index (χ3v) is 4.03. The fourth-order valence-corrected chi connectivity index (χ4v) is 2.30. The Labute approximate surface area is 140 Å². The number of hydrogen-bond donors (Lipinski definition) is 1. The summed E-state index contributed by atoms with van der Waals surface area (Å²) in [6, 6.07) is 4.90. The first-order chi connectivity index (χ1) is 9.86. The lowest BCUT2D eigenvalue weighted by Gasteiger charge is -2.08. The van der Waals surface area contributed by atoms with E-state index in [9.17, 15) is 18.4 Å². The molecule has 1 amide bonds. The molecule has 110 valence electrons. The number of aromatic nitrogens is 1. The first-order valence-electron chi connectivity index (χ1n) is 5.67. The summed E-state index contributed by atoms with van der Waals surface area (Å²) >= 11 is 4.72. The first kappa shape index (κ1) is 16.1. The summed E-state index contributed by atoms with van der Waals surface area (Å²) in [6.45, 7) is -0.256. The number of nitrogens with zero attached hydrogens (tertiary/aromatic N) is 1. The number of halogens is 4. The van der Waals surface area contributed by atoms with Crippen LogP contribution in [0.2, 0.25) is 0 Å². The van der Waals surface area contributed by atoms with Crippen LogP contribution in [0.4, 0.5) is 14.5 Å². The van der Waals surface area contributed by atoms with Crippen LogP contribution in [0, 0.1) is 15.2 Å². The summed E-state index contributed by atoms with van der Waals surface area (Å²) in [5, 5.41) is 2.35. The van der Waals surface area contributed by atoms with Crippen LogP contribution in [0.5, 0.6) is 0 Å². The highest BCUT2D eigenvalue weighted by Crippen LogP contribution is 2.20. The van der Waals surface area contributed by atoms with Crippen LogP contribution in [-0.4, -0.2) is 10.5 Å². The smallest absolute Gasteiger partial charge is 0.251 e. The van der Waals surface area contributed by atoms with Crippen molar-refractivity contribution in [2.75, 3.05) is 5.32 Å². The van der Waals surface area contributed by atoms with Crippen LogP contribution < -0.4 is 10.9 Å². The molecule has 0 fully saturated rings. The predicted molar refractivity (Wildman–Crippen MR) is 86.1 cm³/mol. The molecule has 2 rings (SSSR count). The topological polar surface area (TPSA) is 51.1 Å². The lowest BCUT2D eigenvalue weighted by molar-refractivity contribution is -0.116. The Bertz CT molecular complexity index is 741. The van der Waals surface area contributed by atoms with Gasteiger partial charge in [-0.05, 0) is 56.7 Å². The van der Waals surface area contributed by atoms with E-state index in [-0.39, 0.29) is 21.4 Å². The van der Waals surface area contributed by atoms with E-state index < -0.39 is 17.5 Å². The van der Waals surface area contributed by atoms with Crippen LogP contribution in [0.3, 0.4) is 0 Å². The number of carbonyl (C=O) groups excluding carboxylic acids is 1. The molecule has 8 heteroatoms. The summed E-state index contributed by atoms with van der Waals surface area (Å²) in [4.78, 5) is 23.4. The maximum Gasteiger partial charge on any atom is 0.251 e. The molecule has 0 aliphatic carbocycles. The molecule has 0 aliphatic heterocycles. The molecule has 4 nitrogen and oxygen atoms in total. The van der Waals surface area contributed by atoms with Gasteiger partial charge in [-0.1, -0.05) is 0 Å². The number of pyridine rings is 1. The largest absolute Gasteiger partial charge is 0.324 e. The number of nitrogens with one attached hydrogen (secondary N) is 1. The average molecular weight is 469 g/mol. The average Bonchev–Trinajstić information content (AvgIpc) is 2.40. The fourth-order valence-electron chi connectivity index (χ4n) is 1.61. The van der Waals surface area contributed by atoms with Gasteiger partial charge in [-0.2, -0.15) is 0 Å². The van der Waals surface area contributed by atoms with Gasteiger partial charge in [0.1, 0.15) is 18.2 Å². The van der Waals surface area contributed by atoms with Gasteiger partial charge >= 0.3 is 0 Å². The highest BCUT2D eigenvalue weighted by atomic mass is 127. The van der Waals surface area contributed by atoms with Crippen molar-refractivity contribution in [2.24, 2.45) is 0 Å². The van der Waals surface area contributed by atoms with Crippen LogP contribution >= 0.6 is 38.5 Å². The van der Waals surface area contributed by atoms with E-state index in [1.165, 1.54) is 39.4 Å². The SMILES string of the molecule is O=C(Cn1cc(Br)ccc1=O)Nc1cc(F)c(I)c(F)c1. The maximum atomic E-state index is 13.4. The van der Waals surface area contributed by atoms with E-state index in [4.69, 9.17) is 0 Å².